The van der Waals surface area contributed by atoms with Crippen LogP contribution in [0, 0.1) is 5.82 Å². The average molecular weight is 369 g/mol. The lowest BCUT2D eigenvalue weighted by molar-refractivity contribution is -0.121. The highest BCUT2D eigenvalue weighted by atomic mass is 19.1. The lowest BCUT2D eigenvalue weighted by Gasteiger charge is -2.12. The number of nitrogens with zero attached hydrogens (tertiary/aromatic N) is 2. The van der Waals surface area contributed by atoms with Gasteiger partial charge in [0.15, 0.2) is 0 Å². The minimum absolute atomic E-state index is 0.0726. The highest BCUT2D eigenvalue weighted by Gasteiger charge is 2.11. The number of carbonyl (C=O) groups excluding carboxylic acids is 1. The Hall–Kier alpha value is -3.06. The summed E-state index contributed by atoms with van der Waals surface area (Å²) in [4.78, 5) is 11.9. The Balaban J connectivity index is 1.39. The lowest BCUT2D eigenvalue weighted by Crippen LogP contribution is -2.28. The van der Waals surface area contributed by atoms with Crippen LogP contribution in [0.3, 0.4) is 0 Å². The van der Waals surface area contributed by atoms with Gasteiger partial charge in [-0.15, -0.1) is 10.2 Å². The maximum atomic E-state index is 12.9. The van der Waals surface area contributed by atoms with Crippen molar-refractivity contribution in [3.63, 3.8) is 0 Å². The minimum atomic E-state index is -0.876. The molecule has 2 aromatic carbocycles. The molecule has 0 aliphatic rings. The van der Waals surface area contributed by atoms with Crippen LogP contribution in [0.25, 0.3) is 11.5 Å². The maximum Gasteiger partial charge on any atom is 0.247 e. The largest absolute Gasteiger partial charge is 0.421 e. The fourth-order valence-corrected chi connectivity index (χ4v) is 2.55. The standard InChI is InChI=1S/C20H20FN3O3/c21-16-11-9-14(10-12-16)17(25)13-22-18(26)7-4-8-19-23-24-20(27-19)15-5-2-1-3-6-15/h1-3,5-6,9-12,17,25H,4,7-8,13H2,(H,22,26). The second-order valence-corrected chi connectivity index (χ2v) is 6.09. The summed E-state index contributed by atoms with van der Waals surface area (Å²) in [5.41, 5.74) is 1.40. The Morgan fingerprint density at radius 1 is 1.11 bits per heavy atom. The average Bonchev–Trinajstić information content (AvgIpc) is 3.16. The van der Waals surface area contributed by atoms with Crippen molar-refractivity contribution >= 4 is 5.91 Å². The predicted molar refractivity (Wildman–Crippen MR) is 97.0 cm³/mol. The topological polar surface area (TPSA) is 88.2 Å². The molecule has 140 valence electrons. The molecule has 6 nitrogen and oxygen atoms in total. The lowest BCUT2D eigenvalue weighted by atomic mass is 10.1. The predicted octanol–water partition coefficient (Wildman–Crippen LogP) is 3.05. The number of benzene rings is 2. The highest BCUT2D eigenvalue weighted by Crippen LogP contribution is 2.17. The number of aryl methyl sites for hydroxylation is 1. The summed E-state index contributed by atoms with van der Waals surface area (Å²) in [7, 11) is 0. The maximum absolute atomic E-state index is 12.9. The first-order valence-electron chi connectivity index (χ1n) is 8.70. The molecule has 0 fully saturated rings. The molecule has 0 spiro atoms. The molecule has 0 radical (unpaired) electrons. The van der Waals surface area contributed by atoms with Crippen LogP contribution in [-0.4, -0.2) is 27.8 Å². The van der Waals surface area contributed by atoms with Gasteiger partial charge in [-0.05, 0) is 36.2 Å². The summed E-state index contributed by atoms with van der Waals surface area (Å²) >= 11 is 0. The van der Waals surface area contributed by atoms with E-state index in [4.69, 9.17) is 4.42 Å². The van der Waals surface area contributed by atoms with Crippen molar-refractivity contribution in [2.45, 2.75) is 25.4 Å². The van der Waals surface area contributed by atoms with Crippen LogP contribution < -0.4 is 5.32 Å². The molecule has 1 atom stereocenters. The molecule has 1 unspecified atom stereocenters. The van der Waals surface area contributed by atoms with Gasteiger partial charge in [-0.25, -0.2) is 4.39 Å². The number of aliphatic hydroxyl groups is 1. The monoisotopic (exact) mass is 369 g/mol. The van der Waals surface area contributed by atoms with Crippen LogP contribution in [0.15, 0.2) is 59.0 Å². The Bertz CT molecular complexity index is 866. The van der Waals surface area contributed by atoms with Crippen molar-refractivity contribution in [1.29, 1.82) is 0 Å². The Kier molecular flexibility index (Phi) is 6.27. The van der Waals surface area contributed by atoms with Gasteiger partial charge in [0, 0.05) is 24.9 Å². The van der Waals surface area contributed by atoms with E-state index in [2.05, 4.69) is 15.5 Å². The van der Waals surface area contributed by atoms with Crippen LogP contribution in [0.5, 0.6) is 0 Å². The first-order valence-corrected chi connectivity index (χ1v) is 8.70. The van der Waals surface area contributed by atoms with E-state index in [1.807, 2.05) is 30.3 Å². The van der Waals surface area contributed by atoms with Gasteiger partial charge in [0.05, 0.1) is 6.10 Å². The molecule has 0 aliphatic carbocycles. The fourth-order valence-electron chi connectivity index (χ4n) is 2.55. The van der Waals surface area contributed by atoms with Crippen molar-refractivity contribution in [1.82, 2.24) is 15.5 Å². The summed E-state index contributed by atoms with van der Waals surface area (Å²) < 4.78 is 18.5. The molecule has 2 N–H and O–H groups in total. The van der Waals surface area contributed by atoms with Crippen molar-refractivity contribution < 1.29 is 18.7 Å². The summed E-state index contributed by atoms with van der Waals surface area (Å²) in [6.07, 6.45) is 0.445. The molecule has 0 saturated heterocycles. The molecule has 0 bridgehead atoms. The Morgan fingerprint density at radius 3 is 2.59 bits per heavy atom. The van der Waals surface area contributed by atoms with Crippen LogP contribution in [0.4, 0.5) is 4.39 Å². The second-order valence-electron chi connectivity index (χ2n) is 6.09. The molecule has 1 aromatic heterocycles. The Labute approximate surface area is 156 Å². The van der Waals surface area contributed by atoms with Gasteiger partial charge in [-0.3, -0.25) is 4.79 Å². The SMILES string of the molecule is O=C(CCCc1nnc(-c2ccccc2)o1)NCC(O)c1ccc(F)cc1. The van der Waals surface area contributed by atoms with Gasteiger partial charge in [0.1, 0.15) is 5.82 Å². The first kappa shape index (κ1) is 18.7. The number of amides is 1. The molecular weight excluding hydrogens is 349 g/mol. The number of halogens is 1. The van der Waals surface area contributed by atoms with Gasteiger partial charge in [-0.1, -0.05) is 30.3 Å². The molecule has 1 heterocycles. The van der Waals surface area contributed by atoms with Gasteiger partial charge < -0.3 is 14.8 Å². The van der Waals surface area contributed by atoms with Crippen molar-refractivity contribution in [2.75, 3.05) is 6.54 Å². The van der Waals surface area contributed by atoms with E-state index in [-0.39, 0.29) is 24.7 Å². The summed E-state index contributed by atoms with van der Waals surface area (Å²) in [5.74, 6) is 0.385. The zero-order chi connectivity index (χ0) is 19.1. The zero-order valence-electron chi connectivity index (χ0n) is 14.6. The van der Waals surface area contributed by atoms with E-state index in [1.54, 1.807) is 0 Å². The second kappa shape index (κ2) is 9.05. The number of carbonyl (C=O) groups is 1. The molecule has 7 heteroatoms. The number of aliphatic hydroxyl groups excluding tert-OH is 1. The van der Waals surface area contributed by atoms with Crippen LogP contribution in [0.1, 0.15) is 30.4 Å². The molecule has 3 rings (SSSR count). The quantitative estimate of drug-likeness (QED) is 0.637. The number of nitrogens with one attached hydrogen (secondary N) is 1. The fraction of sp³-hybridized carbons (Fsp3) is 0.250. The van der Waals surface area contributed by atoms with Gasteiger partial charge in [0.2, 0.25) is 17.7 Å². The van der Waals surface area contributed by atoms with Crippen LogP contribution >= 0.6 is 0 Å². The Morgan fingerprint density at radius 2 is 1.85 bits per heavy atom. The first-order chi connectivity index (χ1) is 13.1. The van der Waals surface area contributed by atoms with E-state index in [0.717, 1.165) is 5.56 Å². The van der Waals surface area contributed by atoms with E-state index >= 15 is 0 Å². The highest BCUT2D eigenvalue weighted by molar-refractivity contribution is 5.75. The van der Waals surface area contributed by atoms with E-state index in [0.29, 0.717) is 30.2 Å². The number of aromatic nitrogens is 2. The van der Waals surface area contributed by atoms with Crippen molar-refractivity contribution in [2.24, 2.45) is 0 Å². The van der Waals surface area contributed by atoms with Gasteiger partial charge >= 0.3 is 0 Å². The summed E-state index contributed by atoms with van der Waals surface area (Å²) in [6.45, 7) is 0.0726. The third-order valence-electron chi connectivity index (χ3n) is 4.03. The molecule has 1 amide bonds. The summed E-state index contributed by atoms with van der Waals surface area (Å²) in [6, 6.07) is 15.0. The molecule has 3 aromatic rings. The normalized spacial score (nSPS) is 11.9. The van der Waals surface area contributed by atoms with Gasteiger partial charge in [-0.2, -0.15) is 0 Å². The smallest absolute Gasteiger partial charge is 0.247 e. The van der Waals surface area contributed by atoms with Crippen molar-refractivity contribution in [3.8, 4) is 11.5 Å². The van der Waals surface area contributed by atoms with Crippen LogP contribution in [-0.2, 0) is 11.2 Å². The minimum Gasteiger partial charge on any atom is -0.421 e. The molecule has 0 saturated carbocycles. The van der Waals surface area contributed by atoms with Gasteiger partial charge in [0.25, 0.3) is 0 Å². The molecule has 0 aliphatic heterocycles. The van der Waals surface area contributed by atoms with E-state index < -0.39 is 6.10 Å². The number of rotatable bonds is 8. The molecule has 27 heavy (non-hydrogen) atoms. The third-order valence-corrected chi connectivity index (χ3v) is 4.03. The number of hydrogen-bond donors (Lipinski definition) is 2. The van der Waals surface area contributed by atoms with Crippen molar-refractivity contribution in [3.05, 3.63) is 71.9 Å². The third kappa shape index (κ3) is 5.46. The number of hydrogen-bond acceptors (Lipinski definition) is 5. The van der Waals surface area contributed by atoms with E-state index in [1.165, 1.54) is 24.3 Å². The molecular formula is C20H20FN3O3. The van der Waals surface area contributed by atoms with E-state index in [9.17, 15) is 14.3 Å². The van der Waals surface area contributed by atoms with Crippen LogP contribution in [0.2, 0.25) is 0 Å². The zero-order valence-corrected chi connectivity index (χ0v) is 14.6. The summed E-state index contributed by atoms with van der Waals surface area (Å²) in [5, 5.41) is 20.7.